The average Bonchev–Trinajstić information content (AvgIpc) is 2.00. The smallest absolute Gasteiger partial charge is 0.334 e. The van der Waals surface area contributed by atoms with E-state index in [0.717, 1.165) is 0 Å². The molecule has 70 valence electrons. The quantitative estimate of drug-likeness (QED) is 0.632. The van der Waals surface area contributed by atoms with Gasteiger partial charge in [-0.1, -0.05) is 6.92 Å². The molecule has 0 aliphatic heterocycles. The topological polar surface area (TPSA) is 64.6 Å². The molecular formula is C6H11NO4S. The van der Waals surface area contributed by atoms with Crippen molar-refractivity contribution in [2.24, 2.45) is 0 Å². The zero-order chi connectivity index (χ0) is 9.40. The highest BCUT2D eigenvalue weighted by Gasteiger charge is 2.03. The van der Waals surface area contributed by atoms with Crippen LogP contribution in [0.25, 0.3) is 0 Å². The fraction of sp³-hybridized carbons (Fsp3) is 0.667. The molecule has 6 heteroatoms. The van der Waals surface area contributed by atoms with Crippen LogP contribution in [-0.4, -0.2) is 25.0 Å². The highest BCUT2D eigenvalue weighted by molar-refractivity contribution is 7.90. The fourth-order valence-electron chi connectivity index (χ4n) is 0.359. The van der Waals surface area contributed by atoms with Gasteiger partial charge in [0.15, 0.2) is 0 Å². The number of carbonyl (C=O) groups is 2. The predicted molar refractivity (Wildman–Crippen MR) is 44.0 cm³/mol. The van der Waals surface area contributed by atoms with E-state index in [0.29, 0.717) is 18.9 Å². The minimum atomic E-state index is -0.503. The lowest BCUT2D eigenvalue weighted by atomic mass is 10.6. The van der Waals surface area contributed by atoms with Gasteiger partial charge >= 0.3 is 11.9 Å². The summed E-state index contributed by atoms with van der Waals surface area (Å²) in [5.74, 6) is -0.973. The number of rotatable bonds is 5. The molecule has 0 saturated carbocycles. The third-order valence-corrected chi connectivity index (χ3v) is 1.35. The van der Waals surface area contributed by atoms with Gasteiger partial charge < -0.3 is 13.7 Å². The van der Waals surface area contributed by atoms with Crippen molar-refractivity contribution in [1.82, 2.24) is 5.32 Å². The van der Waals surface area contributed by atoms with E-state index in [1.54, 1.807) is 0 Å². The van der Waals surface area contributed by atoms with E-state index >= 15 is 0 Å². The Morgan fingerprint density at radius 2 is 2.08 bits per heavy atom. The molecule has 0 aromatic heterocycles. The Morgan fingerprint density at radius 1 is 1.42 bits per heavy atom. The van der Waals surface area contributed by atoms with Gasteiger partial charge in [0.2, 0.25) is 0 Å². The van der Waals surface area contributed by atoms with Crippen LogP contribution in [0.3, 0.4) is 0 Å². The molecular weight excluding hydrogens is 182 g/mol. The molecule has 0 aromatic carbocycles. The second-order valence-electron chi connectivity index (χ2n) is 1.88. The third kappa shape index (κ3) is 7.36. The summed E-state index contributed by atoms with van der Waals surface area (Å²) in [5.41, 5.74) is 0. The van der Waals surface area contributed by atoms with Crippen LogP contribution in [-0.2, 0) is 18.0 Å². The lowest BCUT2D eigenvalue weighted by Gasteiger charge is -2.00. The van der Waals surface area contributed by atoms with Gasteiger partial charge in [-0.2, -0.15) is 0 Å². The van der Waals surface area contributed by atoms with Gasteiger partial charge in [-0.25, -0.2) is 4.79 Å². The second-order valence-corrected chi connectivity index (χ2v) is 2.35. The first-order chi connectivity index (χ1) is 5.66. The summed E-state index contributed by atoms with van der Waals surface area (Å²) >= 11 is 0.381. The molecule has 0 radical (unpaired) electrons. The summed E-state index contributed by atoms with van der Waals surface area (Å²) in [6, 6.07) is 0. The summed E-state index contributed by atoms with van der Waals surface area (Å²) in [6.07, 6.45) is 0. The molecule has 0 aromatic rings. The molecule has 0 aliphatic rings. The van der Waals surface area contributed by atoms with Crippen molar-refractivity contribution >= 4 is 24.3 Å². The van der Waals surface area contributed by atoms with Crippen LogP contribution in [0.5, 0.6) is 0 Å². The summed E-state index contributed by atoms with van der Waals surface area (Å²) < 4.78 is 8.73. The number of carbonyl (C=O) groups excluding carboxylic acids is 2. The number of nitrogens with one attached hydrogen (secondary N) is 1. The second kappa shape index (κ2) is 6.93. The first-order valence-electron chi connectivity index (χ1n) is 3.42. The minimum Gasteiger partial charge on any atom is -0.355 e. The highest BCUT2D eigenvalue weighted by atomic mass is 32.2. The van der Waals surface area contributed by atoms with Gasteiger partial charge in [0, 0.05) is 6.92 Å². The zero-order valence-corrected chi connectivity index (χ0v) is 7.77. The average molecular weight is 193 g/mol. The summed E-state index contributed by atoms with van der Waals surface area (Å²) in [5, 5.41) is 2.76. The van der Waals surface area contributed by atoms with Crippen LogP contribution in [0.4, 0.5) is 0 Å². The largest absolute Gasteiger partial charge is 0.355 e. The number of likely N-dealkylation sites (N-methyl/N-ethyl adjacent to an activating group) is 1. The molecule has 0 aliphatic carbocycles. The Balaban J connectivity index is 3.25. The minimum absolute atomic E-state index is 0.116. The van der Waals surface area contributed by atoms with E-state index in [4.69, 9.17) is 0 Å². The Bertz CT molecular complexity index is 162. The Hall–Kier alpha value is -0.750. The van der Waals surface area contributed by atoms with Crippen molar-refractivity contribution in [3.05, 3.63) is 0 Å². The van der Waals surface area contributed by atoms with Gasteiger partial charge in [-0.15, -0.1) is 0 Å². The van der Waals surface area contributed by atoms with E-state index < -0.39 is 11.9 Å². The van der Waals surface area contributed by atoms with Gasteiger partial charge in [0.05, 0.1) is 6.54 Å². The lowest BCUT2D eigenvalue weighted by molar-refractivity contribution is -0.134. The van der Waals surface area contributed by atoms with Crippen molar-refractivity contribution in [3.8, 4) is 0 Å². The maximum absolute atomic E-state index is 10.7. The van der Waals surface area contributed by atoms with Crippen molar-refractivity contribution in [1.29, 1.82) is 0 Å². The Morgan fingerprint density at radius 3 is 2.58 bits per heavy atom. The van der Waals surface area contributed by atoms with Crippen LogP contribution in [0.15, 0.2) is 0 Å². The summed E-state index contributed by atoms with van der Waals surface area (Å²) in [6.45, 7) is 3.90. The number of hydrogen-bond acceptors (Lipinski definition) is 6. The van der Waals surface area contributed by atoms with Crippen molar-refractivity contribution in [3.63, 3.8) is 0 Å². The van der Waals surface area contributed by atoms with E-state index in [1.807, 2.05) is 6.92 Å². The number of hydrogen-bond donors (Lipinski definition) is 1. The first-order valence-corrected chi connectivity index (χ1v) is 4.08. The van der Waals surface area contributed by atoms with E-state index in [-0.39, 0.29) is 6.54 Å². The van der Waals surface area contributed by atoms with Crippen molar-refractivity contribution in [2.75, 3.05) is 13.1 Å². The van der Waals surface area contributed by atoms with Crippen molar-refractivity contribution < 1.29 is 18.0 Å². The molecule has 0 amide bonds. The molecule has 0 fully saturated rings. The van der Waals surface area contributed by atoms with E-state index in [9.17, 15) is 9.59 Å². The third-order valence-electron chi connectivity index (χ3n) is 0.798. The molecule has 12 heavy (non-hydrogen) atoms. The molecule has 0 atom stereocenters. The molecule has 0 unspecified atom stereocenters. The fourth-order valence-corrected chi connectivity index (χ4v) is 0.624. The molecule has 0 saturated heterocycles. The summed E-state index contributed by atoms with van der Waals surface area (Å²) in [4.78, 5) is 20.9. The highest BCUT2D eigenvalue weighted by Crippen LogP contribution is 2.04. The molecule has 0 bridgehead atoms. The molecule has 0 heterocycles. The SMILES string of the molecule is CCNCC(=O)OSOC(C)=O. The van der Waals surface area contributed by atoms with Gasteiger partial charge in [0.1, 0.15) is 0 Å². The van der Waals surface area contributed by atoms with Gasteiger partial charge in [-0.05, 0) is 6.54 Å². The van der Waals surface area contributed by atoms with Gasteiger partial charge in [0.25, 0.3) is 12.3 Å². The normalized spacial score (nSPS) is 9.17. The van der Waals surface area contributed by atoms with Crippen LogP contribution >= 0.6 is 12.3 Å². The predicted octanol–water partition coefficient (Wildman–Crippen LogP) is 0.265. The van der Waals surface area contributed by atoms with Crippen LogP contribution in [0.2, 0.25) is 0 Å². The monoisotopic (exact) mass is 193 g/mol. The molecule has 0 rings (SSSR count). The van der Waals surface area contributed by atoms with E-state index in [2.05, 4.69) is 13.7 Å². The Kier molecular flexibility index (Phi) is 6.50. The molecule has 0 spiro atoms. The summed E-state index contributed by atoms with van der Waals surface area (Å²) in [7, 11) is 0. The standard InChI is InChI=1S/C6H11NO4S/c1-3-7-4-6(9)11-12-10-5(2)8/h7H,3-4H2,1-2H3. The van der Waals surface area contributed by atoms with Crippen LogP contribution in [0, 0.1) is 0 Å². The zero-order valence-electron chi connectivity index (χ0n) is 6.96. The maximum Gasteiger partial charge on any atom is 0.334 e. The Labute approximate surface area is 75.2 Å². The lowest BCUT2D eigenvalue weighted by Crippen LogP contribution is -2.22. The van der Waals surface area contributed by atoms with Crippen LogP contribution in [0.1, 0.15) is 13.8 Å². The van der Waals surface area contributed by atoms with E-state index in [1.165, 1.54) is 6.92 Å². The van der Waals surface area contributed by atoms with Crippen LogP contribution < -0.4 is 5.32 Å². The van der Waals surface area contributed by atoms with Gasteiger partial charge in [-0.3, -0.25) is 4.79 Å². The maximum atomic E-state index is 10.7. The molecule has 1 N–H and O–H groups in total. The van der Waals surface area contributed by atoms with Crippen molar-refractivity contribution in [2.45, 2.75) is 13.8 Å². The first kappa shape index (κ1) is 11.2. The molecule has 5 nitrogen and oxygen atoms in total.